The maximum absolute atomic E-state index is 4.70. The molecule has 5 aromatic rings. The van der Waals surface area contributed by atoms with Crippen molar-refractivity contribution in [2.24, 2.45) is 0 Å². The maximum Gasteiger partial charge on any atom is 0.248 e. The van der Waals surface area contributed by atoms with E-state index in [-0.39, 0.29) is 5.41 Å². The Morgan fingerprint density at radius 2 is 1.59 bits per heavy atom. The van der Waals surface area contributed by atoms with E-state index >= 15 is 0 Å². The van der Waals surface area contributed by atoms with Gasteiger partial charge in [-0.05, 0) is 55.0 Å². The number of benzene rings is 3. The summed E-state index contributed by atoms with van der Waals surface area (Å²) in [5.74, 6) is 0. The maximum atomic E-state index is 4.70. The third-order valence-electron chi connectivity index (χ3n) is 8.27. The van der Waals surface area contributed by atoms with Crippen LogP contribution >= 0.6 is 0 Å². The van der Waals surface area contributed by atoms with Crippen molar-refractivity contribution in [1.29, 1.82) is 0 Å². The molecule has 0 fully saturated rings. The zero-order valence-corrected chi connectivity index (χ0v) is 20.6. The summed E-state index contributed by atoms with van der Waals surface area (Å²) < 4.78 is 4.82. The van der Waals surface area contributed by atoms with E-state index in [1.807, 2.05) is 0 Å². The number of hydrogen-bond acceptors (Lipinski definition) is 0. The van der Waals surface area contributed by atoms with E-state index in [9.17, 15) is 0 Å². The molecular formula is C32H33N2+. The summed E-state index contributed by atoms with van der Waals surface area (Å²) in [5.41, 5.74) is 10.4. The number of unbranched alkanes of at least 4 members (excludes halogenated alkanes) is 1. The molecule has 0 bridgehead atoms. The molecule has 0 N–H and O–H groups in total. The fraction of sp³-hybridized carbons (Fsp3) is 0.281. The van der Waals surface area contributed by atoms with Crippen molar-refractivity contribution in [2.75, 3.05) is 0 Å². The van der Waals surface area contributed by atoms with Crippen molar-refractivity contribution in [1.82, 2.24) is 4.68 Å². The molecule has 0 saturated heterocycles. The Morgan fingerprint density at radius 1 is 0.853 bits per heavy atom. The predicted molar refractivity (Wildman–Crippen MR) is 144 cm³/mol. The lowest BCUT2D eigenvalue weighted by molar-refractivity contribution is -0.569. The topological polar surface area (TPSA) is 9.03 Å². The zero-order chi connectivity index (χ0) is 23.4. The predicted octanol–water partition coefficient (Wildman–Crippen LogP) is 8.08. The molecular weight excluding hydrogens is 412 g/mol. The molecule has 2 aromatic heterocycles. The van der Waals surface area contributed by atoms with Crippen LogP contribution in [0.4, 0.5) is 0 Å². The lowest BCUT2D eigenvalue weighted by atomic mass is 9.71. The van der Waals surface area contributed by atoms with Gasteiger partial charge in [0.05, 0.1) is 16.5 Å². The quantitative estimate of drug-likeness (QED) is 0.234. The van der Waals surface area contributed by atoms with E-state index in [4.69, 9.17) is 6.58 Å². The molecule has 170 valence electrons. The Hall–Kier alpha value is -3.39. The fourth-order valence-electron chi connectivity index (χ4n) is 6.29. The second kappa shape index (κ2) is 7.84. The van der Waals surface area contributed by atoms with Crippen LogP contribution in [0.2, 0.25) is 0 Å². The number of nitrogens with zero attached hydrogens (tertiary/aromatic N) is 2. The number of allylic oxidation sites excluding steroid dienone is 1. The summed E-state index contributed by atoms with van der Waals surface area (Å²) in [6.07, 6.45) is 5.70. The zero-order valence-electron chi connectivity index (χ0n) is 20.6. The summed E-state index contributed by atoms with van der Waals surface area (Å²) in [6, 6.07) is 27.3. The van der Waals surface area contributed by atoms with Crippen LogP contribution in [-0.4, -0.2) is 4.68 Å². The number of rotatable bonds is 6. The monoisotopic (exact) mass is 445 g/mol. The third-order valence-corrected chi connectivity index (χ3v) is 8.27. The summed E-state index contributed by atoms with van der Waals surface area (Å²) in [7, 11) is 0. The van der Waals surface area contributed by atoms with E-state index < -0.39 is 0 Å². The van der Waals surface area contributed by atoms with Gasteiger partial charge in [-0.3, -0.25) is 0 Å². The molecule has 3 heterocycles. The molecule has 1 aliphatic heterocycles. The molecule has 0 aliphatic carbocycles. The lowest BCUT2D eigenvalue weighted by Gasteiger charge is -2.35. The molecule has 2 heteroatoms. The number of hydrogen-bond donors (Lipinski definition) is 0. The highest BCUT2D eigenvalue weighted by atomic mass is 15.4. The Kier molecular flexibility index (Phi) is 4.88. The largest absolute Gasteiger partial charge is 0.248 e. The molecule has 3 aromatic carbocycles. The number of aromatic nitrogens is 2. The van der Waals surface area contributed by atoms with E-state index in [1.54, 1.807) is 0 Å². The normalized spacial score (nSPS) is 14.6. The average Bonchev–Trinajstić information content (AvgIpc) is 3.22. The van der Waals surface area contributed by atoms with Gasteiger partial charge >= 0.3 is 0 Å². The van der Waals surface area contributed by atoms with E-state index in [0.717, 1.165) is 19.3 Å². The van der Waals surface area contributed by atoms with Crippen molar-refractivity contribution < 1.29 is 4.52 Å². The fourth-order valence-corrected chi connectivity index (χ4v) is 6.29. The Bertz CT molecular complexity index is 1560. The van der Waals surface area contributed by atoms with Crippen molar-refractivity contribution in [2.45, 2.75) is 58.3 Å². The van der Waals surface area contributed by atoms with Crippen LogP contribution in [0.3, 0.4) is 0 Å². The van der Waals surface area contributed by atoms with Gasteiger partial charge in [-0.15, -0.1) is 4.68 Å². The standard InChI is InChI=1S/C32H33N2/c1-5-8-12-23-17-19-24(20-18-23)27-21-30-26-13-9-10-16-29(26)33-22(4)32(6-2,7-3)28-15-11-14-25(27)31(28)34(30)33/h9-11,13-21H,4-8,12H2,1-3H3/q+1. The molecule has 0 radical (unpaired) electrons. The van der Waals surface area contributed by atoms with Crippen LogP contribution < -0.4 is 4.52 Å². The van der Waals surface area contributed by atoms with Crippen LogP contribution in [0, 0.1) is 0 Å². The van der Waals surface area contributed by atoms with E-state index in [1.165, 1.54) is 68.1 Å². The molecule has 1 aliphatic rings. The summed E-state index contributed by atoms with van der Waals surface area (Å²) in [6.45, 7) is 11.6. The SMILES string of the molecule is C=C1n2c3ccccc3c3cc(-c4ccc(CCCC)cc4)c4cccc(c4[n+]32)C1(CC)CC. The minimum Gasteiger partial charge on any atom is -0.118 e. The van der Waals surface area contributed by atoms with Gasteiger partial charge in [-0.2, -0.15) is 0 Å². The second-order valence-electron chi connectivity index (χ2n) is 9.82. The Labute approximate surface area is 202 Å². The third kappa shape index (κ3) is 2.72. The van der Waals surface area contributed by atoms with E-state index in [2.05, 4.69) is 103 Å². The molecule has 0 saturated carbocycles. The lowest BCUT2D eigenvalue weighted by Crippen LogP contribution is -2.45. The molecule has 34 heavy (non-hydrogen) atoms. The number of para-hydroxylation sites is 2. The average molecular weight is 446 g/mol. The van der Waals surface area contributed by atoms with E-state index in [0.29, 0.717) is 0 Å². The first kappa shape index (κ1) is 21.2. The summed E-state index contributed by atoms with van der Waals surface area (Å²) in [5, 5.41) is 2.60. The van der Waals surface area contributed by atoms with Crippen LogP contribution in [0.1, 0.15) is 57.6 Å². The van der Waals surface area contributed by atoms with Crippen molar-refractivity contribution >= 4 is 33.0 Å². The Morgan fingerprint density at radius 3 is 2.32 bits per heavy atom. The van der Waals surface area contributed by atoms with Crippen LogP contribution in [0.25, 0.3) is 44.1 Å². The summed E-state index contributed by atoms with van der Waals surface area (Å²) >= 11 is 0. The highest BCUT2D eigenvalue weighted by Crippen LogP contribution is 2.47. The highest BCUT2D eigenvalue weighted by Gasteiger charge is 2.45. The molecule has 2 nitrogen and oxygen atoms in total. The van der Waals surface area contributed by atoms with Gasteiger partial charge in [-0.25, -0.2) is 0 Å². The number of pyridine rings is 1. The highest BCUT2D eigenvalue weighted by molar-refractivity contribution is 6.03. The first-order valence-corrected chi connectivity index (χ1v) is 12.9. The van der Waals surface area contributed by atoms with Gasteiger partial charge in [0.2, 0.25) is 11.0 Å². The van der Waals surface area contributed by atoms with Gasteiger partial charge in [0.15, 0.2) is 0 Å². The van der Waals surface area contributed by atoms with Gasteiger partial charge in [0.25, 0.3) is 0 Å². The van der Waals surface area contributed by atoms with Crippen molar-refractivity contribution in [3.63, 3.8) is 0 Å². The second-order valence-corrected chi connectivity index (χ2v) is 9.82. The molecule has 0 unspecified atom stereocenters. The van der Waals surface area contributed by atoms with Gasteiger partial charge in [0, 0.05) is 22.6 Å². The first-order chi connectivity index (χ1) is 16.6. The van der Waals surface area contributed by atoms with Gasteiger partial charge in [0.1, 0.15) is 5.52 Å². The minimum absolute atomic E-state index is 0.0726. The van der Waals surface area contributed by atoms with Crippen LogP contribution in [0.15, 0.2) is 79.4 Å². The molecule has 0 amide bonds. The van der Waals surface area contributed by atoms with Gasteiger partial charge in [-0.1, -0.05) is 86.8 Å². The number of fused-ring (bicyclic) bond motifs is 3. The van der Waals surface area contributed by atoms with Crippen LogP contribution in [-0.2, 0) is 11.8 Å². The first-order valence-electron chi connectivity index (χ1n) is 12.9. The minimum atomic E-state index is -0.0726. The van der Waals surface area contributed by atoms with Crippen LogP contribution in [0.5, 0.6) is 0 Å². The summed E-state index contributed by atoms with van der Waals surface area (Å²) in [4.78, 5) is 0. The smallest absolute Gasteiger partial charge is 0.118 e. The van der Waals surface area contributed by atoms with Gasteiger partial charge < -0.3 is 0 Å². The molecule has 6 rings (SSSR count). The Balaban J connectivity index is 1.74. The molecule has 0 spiro atoms. The van der Waals surface area contributed by atoms with Crippen molar-refractivity contribution in [3.05, 3.63) is 90.5 Å². The van der Waals surface area contributed by atoms with Crippen molar-refractivity contribution in [3.8, 4) is 11.1 Å². The molecule has 0 atom stereocenters. The number of aryl methyl sites for hydroxylation is 1.